The lowest BCUT2D eigenvalue weighted by atomic mass is 10.1. The Bertz CT molecular complexity index is 1390. The normalized spacial score (nSPS) is 13.9. The number of piperazine rings is 1. The maximum atomic E-state index is 12.9. The number of aromatic nitrogens is 2. The van der Waals surface area contributed by atoms with Crippen molar-refractivity contribution in [3.05, 3.63) is 89.2 Å². The maximum Gasteiger partial charge on any atom is 0.289 e. The van der Waals surface area contributed by atoms with Crippen molar-refractivity contribution >= 4 is 5.91 Å². The summed E-state index contributed by atoms with van der Waals surface area (Å²) < 4.78 is 16.9. The Morgan fingerprint density at radius 1 is 1.06 bits per heavy atom. The van der Waals surface area contributed by atoms with Gasteiger partial charge >= 0.3 is 0 Å². The van der Waals surface area contributed by atoms with Crippen LogP contribution in [0, 0.1) is 18.3 Å². The molecule has 2 aromatic heterocycles. The van der Waals surface area contributed by atoms with E-state index in [4.69, 9.17) is 13.7 Å². The molecule has 9 nitrogen and oxygen atoms in total. The third kappa shape index (κ3) is 5.14. The number of hydrogen-bond acceptors (Lipinski definition) is 8. The van der Waals surface area contributed by atoms with Crippen LogP contribution in [0.5, 0.6) is 5.75 Å². The fraction of sp³-hybridized carbons (Fsp3) is 0.259. The van der Waals surface area contributed by atoms with Gasteiger partial charge in [-0.2, -0.15) is 10.2 Å². The highest BCUT2D eigenvalue weighted by Gasteiger charge is 2.25. The first-order chi connectivity index (χ1) is 17.6. The van der Waals surface area contributed by atoms with Gasteiger partial charge in [-0.15, -0.1) is 0 Å². The van der Waals surface area contributed by atoms with Gasteiger partial charge in [-0.1, -0.05) is 41.6 Å². The molecule has 1 fully saturated rings. The van der Waals surface area contributed by atoms with E-state index < -0.39 is 0 Å². The van der Waals surface area contributed by atoms with Crippen LogP contribution >= 0.6 is 0 Å². The van der Waals surface area contributed by atoms with Gasteiger partial charge in [-0.25, -0.2) is 0 Å². The van der Waals surface area contributed by atoms with Crippen molar-refractivity contribution in [2.75, 3.05) is 26.2 Å². The minimum absolute atomic E-state index is 0.133. The first-order valence-electron chi connectivity index (χ1n) is 11.7. The fourth-order valence-corrected chi connectivity index (χ4v) is 4.11. The Morgan fingerprint density at radius 3 is 2.64 bits per heavy atom. The number of ether oxygens (including phenoxy) is 1. The number of amides is 1. The predicted octanol–water partition coefficient (Wildman–Crippen LogP) is 4.05. The van der Waals surface area contributed by atoms with Gasteiger partial charge in [0, 0.05) is 31.7 Å². The standard InChI is InChI=1S/C27H25N5O4/c1-19-6-2-4-8-22(19)26-29-25(36-30-26)17-31-12-14-32(15-13-31)27(33)24-11-10-21(35-24)18-34-23-9-5-3-7-20(23)16-28/h2-11H,12-15,17-18H2,1H3. The number of para-hydroxylation sites is 1. The molecule has 0 bridgehead atoms. The number of nitrogens with zero attached hydrogens (tertiary/aromatic N) is 5. The van der Waals surface area contributed by atoms with Crippen molar-refractivity contribution in [1.82, 2.24) is 19.9 Å². The van der Waals surface area contributed by atoms with Crippen molar-refractivity contribution in [3.8, 4) is 23.2 Å². The minimum atomic E-state index is -0.155. The van der Waals surface area contributed by atoms with Crippen molar-refractivity contribution < 1.29 is 18.5 Å². The van der Waals surface area contributed by atoms with Gasteiger partial charge in [0.2, 0.25) is 11.7 Å². The summed E-state index contributed by atoms with van der Waals surface area (Å²) in [5, 5.41) is 13.3. The number of carbonyl (C=O) groups excluding carboxylic acids is 1. The first-order valence-corrected chi connectivity index (χ1v) is 11.7. The van der Waals surface area contributed by atoms with Gasteiger partial charge < -0.3 is 18.6 Å². The molecule has 9 heteroatoms. The second kappa shape index (κ2) is 10.5. The molecular weight excluding hydrogens is 458 g/mol. The number of carbonyl (C=O) groups is 1. The van der Waals surface area contributed by atoms with Crippen molar-refractivity contribution in [3.63, 3.8) is 0 Å². The number of hydrogen-bond donors (Lipinski definition) is 0. The largest absolute Gasteiger partial charge is 0.484 e. The summed E-state index contributed by atoms with van der Waals surface area (Å²) in [6.45, 7) is 5.20. The average Bonchev–Trinajstić information content (AvgIpc) is 3.58. The smallest absolute Gasteiger partial charge is 0.289 e. The van der Waals surface area contributed by atoms with Crippen LogP contribution in [0.15, 0.2) is 69.6 Å². The first kappa shape index (κ1) is 23.3. The second-order valence-corrected chi connectivity index (χ2v) is 8.56. The summed E-state index contributed by atoms with van der Waals surface area (Å²) in [4.78, 5) is 21.4. The van der Waals surface area contributed by atoms with Crippen molar-refractivity contribution in [2.45, 2.75) is 20.1 Å². The lowest BCUT2D eigenvalue weighted by Crippen LogP contribution is -2.48. The molecular formula is C27H25N5O4. The summed E-state index contributed by atoms with van der Waals surface area (Å²) in [5.41, 5.74) is 2.50. The van der Waals surface area contributed by atoms with Crippen LogP contribution < -0.4 is 4.74 Å². The van der Waals surface area contributed by atoms with Crippen LogP contribution in [0.2, 0.25) is 0 Å². The Morgan fingerprint density at radius 2 is 1.83 bits per heavy atom. The van der Waals surface area contributed by atoms with Gasteiger partial charge in [0.1, 0.15) is 24.2 Å². The lowest BCUT2D eigenvalue weighted by molar-refractivity contribution is 0.0581. The van der Waals surface area contributed by atoms with E-state index in [1.54, 1.807) is 41.3 Å². The molecule has 0 unspecified atom stereocenters. The third-order valence-corrected chi connectivity index (χ3v) is 6.12. The maximum absolute atomic E-state index is 12.9. The van der Waals surface area contributed by atoms with Gasteiger partial charge in [0.15, 0.2) is 5.76 Å². The van der Waals surface area contributed by atoms with Crippen LogP contribution in [-0.4, -0.2) is 52.0 Å². The second-order valence-electron chi connectivity index (χ2n) is 8.56. The monoisotopic (exact) mass is 483 g/mol. The van der Waals surface area contributed by atoms with E-state index in [1.807, 2.05) is 31.2 Å². The molecule has 0 spiro atoms. The molecule has 1 aliphatic rings. The summed E-state index contributed by atoms with van der Waals surface area (Å²) in [5.74, 6) is 2.26. The van der Waals surface area contributed by atoms with E-state index in [2.05, 4.69) is 21.1 Å². The summed E-state index contributed by atoms with van der Waals surface area (Å²) in [7, 11) is 0. The van der Waals surface area contributed by atoms with E-state index in [-0.39, 0.29) is 18.3 Å². The Kier molecular flexibility index (Phi) is 6.78. The molecule has 0 N–H and O–H groups in total. The highest BCUT2D eigenvalue weighted by Crippen LogP contribution is 2.22. The fourth-order valence-electron chi connectivity index (χ4n) is 4.11. The van der Waals surface area contributed by atoms with Crippen molar-refractivity contribution in [1.29, 1.82) is 5.26 Å². The average molecular weight is 484 g/mol. The molecule has 5 rings (SSSR count). The Balaban J connectivity index is 1.13. The number of furan rings is 1. The van der Waals surface area contributed by atoms with Gasteiger partial charge in [-0.3, -0.25) is 9.69 Å². The minimum Gasteiger partial charge on any atom is -0.484 e. The number of rotatable bonds is 7. The lowest BCUT2D eigenvalue weighted by Gasteiger charge is -2.33. The summed E-state index contributed by atoms with van der Waals surface area (Å²) in [6, 6.07) is 20.4. The van der Waals surface area contributed by atoms with E-state index in [1.165, 1.54) is 0 Å². The molecule has 182 valence electrons. The number of aryl methyl sites for hydroxylation is 1. The van der Waals surface area contributed by atoms with Crippen LogP contribution in [0.1, 0.15) is 33.3 Å². The molecule has 2 aromatic carbocycles. The van der Waals surface area contributed by atoms with E-state index in [0.717, 1.165) is 11.1 Å². The van der Waals surface area contributed by atoms with E-state index in [9.17, 15) is 10.1 Å². The summed E-state index contributed by atoms with van der Waals surface area (Å²) in [6.07, 6.45) is 0. The van der Waals surface area contributed by atoms with E-state index >= 15 is 0 Å². The van der Waals surface area contributed by atoms with Crippen molar-refractivity contribution in [2.24, 2.45) is 0 Å². The van der Waals surface area contributed by atoms with Crippen LogP contribution in [0.3, 0.4) is 0 Å². The number of benzene rings is 2. The van der Waals surface area contributed by atoms with Gasteiger partial charge in [0.25, 0.3) is 5.91 Å². The Labute approximate surface area is 208 Å². The zero-order valence-electron chi connectivity index (χ0n) is 19.9. The van der Waals surface area contributed by atoms with E-state index in [0.29, 0.717) is 61.5 Å². The quantitative estimate of drug-likeness (QED) is 0.387. The zero-order chi connectivity index (χ0) is 24.9. The molecule has 0 aliphatic carbocycles. The molecule has 3 heterocycles. The topological polar surface area (TPSA) is 109 Å². The van der Waals surface area contributed by atoms with Crippen LogP contribution in [-0.2, 0) is 13.2 Å². The van der Waals surface area contributed by atoms with Gasteiger partial charge in [0.05, 0.1) is 12.1 Å². The Hall–Kier alpha value is -4.42. The number of nitriles is 1. The molecule has 1 amide bonds. The predicted molar refractivity (Wildman–Crippen MR) is 130 cm³/mol. The molecule has 0 saturated carbocycles. The third-order valence-electron chi connectivity index (χ3n) is 6.12. The van der Waals surface area contributed by atoms with Crippen LogP contribution in [0.4, 0.5) is 0 Å². The zero-order valence-corrected chi connectivity index (χ0v) is 19.9. The summed E-state index contributed by atoms with van der Waals surface area (Å²) >= 11 is 0. The molecule has 4 aromatic rings. The molecule has 0 atom stereocenters. The molecule has 1 saturated heterocycles. The molecule has 0 radical (unpaired) electrons. The highest BCUT2D eigenvalue weighted by molar-refractivity contribution is 5.91. The van der Waals surface area contributed by atoms with Crippen LogP contribution in [0.25, 0.3) is 11.4 Å². The van der Waals surface area contributed by atoms with Gasteiger partial charge in [-0.05, 0) is 36.8 Å². The highest BCUT2D eigenvalue weighted by atomic mass is 16.5. The SMILES string of the molecule is Cc1ccccc1-c1noc(CN2CCN(C(=O)c3ccc(COc4ccccc4C#N)o3)CC2)n1. The molecule has 1 aliphatic heterocycles. The molecule has 36 heavy (non-hydrogen) atoms.